The minimum Gasteiger partial charge on any atom is -0.465 e. The molecule has 0 bridgehead atoms. The predicted molar refractivity (Wildman–Crippen MR) is 76.8 cm³/mol. The molecule has 0 aliphatic carbocycles. The molecule has 2 rings (SSSR count). The number of ether oxygens (including phenoxy) is 2. The van der Waals surface area contributed by atoms with Gasteiger partial charge in [-0.15, -0.1) is 5.10 Å². The van der Waals surface area contributed by atoms with Gasteiger partial charge in [-0.1, -0.05) is 6.07 Å². The molecule has 0 saturated heterocycles. The average molecular weight is 354 g/mol. The van der Waals surface area contributed by atoms with Gasteiger partial charge in [0.1, 0.15) is 5.69 Å². The molecule has 1 N–H and O–H groups in total. The van der Waals surface area contributed by atoms with Crippen LogP contribution in [0.3, 0.4) is 0 Å². The monoisotopic (exact) mass is 353 g/mol. The maximum atomic E-state index is 11.8. The Hall–Kier alpha value is -2.22. The van der Waals surface area contributed by atoms with Crippen molar-refractivity contribution in [1.82, 2.24) is 15.4 Å². The third kappa shape index (κ3) is 3.10. The van der Waals surface area contributed by atoms with Gasteiger partial charge in [-0.2, -0.15) is 10.3 Å². The van der Waals surface area contributed by atoms with Crippen LogP contribution in [0.4, 0.5) is 0 Å². The Kier molecular flexibility index (Phi) is 4.69. The van der Waals surface area contributed by atoms with Crippen LogP contribution in [0.15, 0.2) is 22.7 Å². The van der Waals surface area contributed by atoms with Crippen LogP contribution in [0.1, 0.15) is 27.8 Å². The van der Waals surface area contributed by atoms with Crippen molar-refractivity contribution in [3.8, 4) is 11.3 Å². The number of carbonyl (C=O) groups is 2. The zero-order valence-corrected chi connectivity index (χ0v) is 12.9. The fraction of sp³-hybridized carbons (Fsp3) is 0.231. The van der Waals surface area contributed by atoms with Crippen molar-refractivity contribution in [2.24, 2.45) is 0 Å². The molecule has 0 atom stereocenters. The van der Waals surface area contributed by atoms with Crippen LogP contribution in [-0.2, 0) is 9.47 Å². The first-order valence-electron chi connectivity index (χ1n) is 6.04. The molecule has 0 aliphatic rings. The fourth-order valence-electron chi connectivity index (χ4n) is 1.71. The van der Waals surface area contributed by atoms with Crippen molar-refractivity contribution >= 4 is 27.9 Å². The Morgan fingerprint density at radius 2 is 2.05 bits per heavy atom. The Morgan fingerprint density at radius 1 is 1.29 bits per heavy atom. The van der Waals surface area contributed by atoms with E-state index >= 15 is 0 Å². The summed E-state index contributed by atoms with van der Waals surface area (Å²) in [7, 11) is 1.30. The molecule has 7 nitrogen and oxygen atoms in total. The van der Waals surface area contributed by atoms with Crippen LogP contribution >= 0.6 is 15.9 Å². The number of esters is 2. The highest BCUT2D eigenvalue weighted by Gasteiger charge is 2.20. The Morgan fingerprint density at radius 3 is 2.67 bits per heavy atom. The number of aromatic nitrogens is 3. The van der Waals surface area contributed by atoms with E-state index in [-0.39, 0.29) is 12.3 Å². The molecule has 2 aromatic rings. The first-order valence-corrected chi connectivity index (χ1v) is 6.83. The van der Waals surface area contributed by atoms with Gasteiger partial charge in [-0.25, -0.2) is 9.59 Å². The molecular weight excluding hydrogens is 342 g/mol. The summed E-state index contributed by atoms with van der Waals surface area (Å²) < 4.78 is 10.1. The molecule has 0 aliphatic heterocycles. The SMILES string of the molecule is CCOC(=O)c1n[nH]nc1-c1ccc(C(=O)OC)c(Br)c1. The molecular formula is C13H12BrN3O4. The summed E-state index contributed by atoms with van der Waals surface area (Å²) >= 11 is 3.29. The molecule has 110 valence electrons. The first kappa shape index (κ1) is 15.2. The van der Waals surface area contributed by atoms with E-state index in [1.54, 1.807) is 25.1 Å². The van der Waals surface area contributed by atoms with E-state index in [2.05, 4.69) is 36.1 Å². The van der Waals surface area contributed by atoms with E-state index in [0.29, 0.717) is 21.3 Å². The Labute approximate surface area is 128 Å². The van der Waals surface area contributed by atoms with E-state index in [9.17, 15) is 9.59 Å². The van der Waals surface area contributed by atoms with Gasteiger partial charge < -0.3 is 9.47 Å². The lowest BCUT2D eigenvalue weighted by Crippen LogP contribution is -2.07. The lowest BCUT2D eigenvalue weighted by Gasteiger charge is -2.05. The summed E-state index contributed by atoms with van der Waals surface area (Å²) in [5.41, 5.74) is 1.44. The van der Waals surface area contributed by atoms with Gasteiger partial charge >= 0.3 is 11.9 Å². The third-order valence-electron chi connectivity index (χ3n) is 2.66. The molecule has 1 aromatic heterocycles. The molecule has 0 radical (unpaired) electrons. The fourth-order valence-corrected chi connectivity index (χ4v) is 2.25. The third-order valence-corrected chi connectivity index (χ3v) is 3.32. The van der Waals surface area contributed by atoms with Crippen LogP contribution in [0.25, 0.3) is 11.3 Å². The molecule has 0 unspecified atom stereocenters. The van der Waals surface area contributed by atoms with Crippen LogP contribution in [0, 0.1) is 0 Å². The number of rotatable bonds is 4. The van der Waals surface area contributed by atoms with E-state index in [0.717, 1.165) is 0 Å². The number of halogens is 1. The van der Waals surface area contributed by atoms with E-state index in [1.807, 2.05) is 0 Å². The maximum absolute atomic E-state index is 11.8. The predicted octanol–water partition coefficient (Wildman–Crippen LogP) is 2.20. The van der Waals surface area contributed by atoms with Crippen molar-refractivity contribution < 1.29 is 19.1 Å². The lowest BCUT2D eigenvalue weighted by molar-refractivity contribution is 0.0519. The van der Waals surface area contributed by atoms with Crippen molar-refractivity contribution in [2.45, 2.75) is 6.92 Å². The second-order valence-corrected chi connectivity index (χ2v) is 4.78. The standard InChI is InChI=1S/C13H12BrN3O4/c1-3-21-13(19)11-10(15-17-16-11)7-4-5-8(9(14)6-7)12(18)20-2/h4-6H,3H2,1-2H3,(H,15,16,17). The number of hydrogen-bond donors (Lipinski definition) is 1. The number of nitrogens with one attached hydrogen (secondary N) is 1. The largest absolute Gasteiger partial charge is 0.465 e. The van der Waals surface area contributed by atoms with Crippen LogP contribution in [-0.4, -0.2) is 41.1 Å². The van der Waals surface area contributed by atoms with Crippen molar-refractivity contribution in [2.75, 3.05) is 13.7 Å². The van der Waals surface area contributed by atoms with Crippen LogP contribution in [0.5, 0.6) is 0 Å². The summed E-state index contributed by atoms with van der Waals surface area (Å²) in [6.07, 6.45) is 0. The van der Waals surface area contributed by atoms with Gasteiger partial charge in [0.25, 0.3) is 0 Å². The van der Waals surface area contributed by atoms with Gasteiger partial charge in [0.2, 0.25) is 0 Å². The molecule has 0 saturated carbocycles. The number of benzene rings is 1. The minimum atomic E-state index is -0.561. The molecule has 1 heterocycles. The number of aromatic amines is 1. The number of H-pyrrole nitrogens is 1. The zero-order valence-electron chi connectivity index (χ0n) is 11.3. The Balaban J connectivity index is 2.40. The summed E-state index contributed by atoms with van der Waals surface area (Å²) in [6.45, 7) is 1.95. The lowest BCUT2D eigenvalue weighted by atomic mass is 10.1. The van der Waals surface area contributed by atoms with Gasteiger partial charge in [-0.05, 0) is 35.0 Å². The topological polar surface area (TPSA) is 94.2 Å². The minimum absolute atomic E-state index is 0.0922. The van der Waals surface area contributed by atoms with Crippen LogP contribution in [0.2, 0.25) is 0 Å². The van der Waals surface area contributed by atoms with E-state index < -0.39 is 11.9 Å². The summed E-state index contributed by atoms with van der Waals surface area (Å²) in [4.78, 5) is 23.3. The van der Waals surface area contributed by atoms with Crippen molar-refractivity contribution in [1.29, 1.82) is 0 Å². The van der Waals surface area contributed by atoms with Crippen LogP contribution < -0.4 is 0 Å². The highest BCUT2D eigenvalue weighted by atomic mass is 79.9. The smallest absolute Gasteiger partial charge is 0.361 e. The number of nitrogens with zero attached hydrogens (tertiary/aromatic N) is 2. The number of methoxy groups -OCH3 is 1. The van der Waals surface area contributed by atoms with Crippen molar-refractivity contribution in [3.05, 3.63) is 33.9 Å². The average Bonchev–Trinajstić information content (AvgIpc) is 2.96. The normalized spacial score (nSPS) is 10.2. The molecule has 8 heteroatoms. The van der Waals surface area contributed by atoms with Gasteiger partial charge in [0.05, 0.1) is 19.3 Å². The second kappa shape index (κ2) is 6.49. The highest BCUT2D eigenvalue weighted by molar-refractivity contribution is 9.10. The summed E-state index contributed by atoms with van der Waals surface area (Å²) in [5, 5.41) is 10.1. The second-order valence-electron chi connectivity index (χ2n) is 3.93. The molecule has 0 spiro atoms. The Bertz CT molecular complexity index is 684. The molecule has 0 amide bonds. The highest BCUT2D eigenvalue weighted by Crippen LogP contribution is 2.27. The zero-order chi connectivity index (χ0) is 15.4. The molecule has 1 aromatic carbocycles. The van der Waals surface area contributed by atoms with E-state index in [1.165, 1.54) is 7.11 Å². The van der Waals surface area contributed by atoms with Crippen molar-refractivity contribution in [3.63, 3.8) is 0 Å². The van der Waals surface area contributed by atoms with Gasteiger partial charge in [0, 0.05) is 10.0 Å². The molecule has 0 fully saturated rings. The quantitative estimate of drug-likeness (QED) is 0.846. The van der Waals surface area contributed by atoms with Gasteiger partial charge in [-0.3, -0.25) is 0 Å². The van der Waals surface area contributed by atoms with E-state index in [4.69, 9.17) is 4.74 Å². The summed E-state index contributed by atoms with van der Waals surface area (Å²) in [6, 6.07) is 4.89. The first-order chi connectivity index (χ1) is 10.1. The van der Waals surface area contributed by atoms with Gasteiger partial charge in [0.15, 0.2) is 5.69 Å². The summed E-state index contributed by atoms with van der Waals surface area (Å²) in [5.74, 6) is -1.02. The number of hydrogen-bond acceptors (Lipinski definition) is 6. The number of carbonyl (C=O) groups excluding carboxylic acids is 2. The molecule has 21 heavy (non-hydrogen) atoms. The maximum Gasteiger partial charge on any atom is 0.361 e.